The monoisotopic (exact) mass is 227 g/mol. The van der Waals surface area contributed by atoms with Crippen molar-refractivity contribution in [3.8, 4) is 0 Å². The highest BCUT2D eigenvalue weighted by atomic mass is 35.5. The number of fused-ring (bicyclic) bond motifs is 1. The first-order valence-corrected chi connectivity index (χ1v) is 5.99. The highest BCUT2D eigenvalue weighted by Gasteiger charge is 2.25. The summed E-state index contributed by atoms with van der Waals surface area (Å²) in [7, 11) is 0. The molecule has 0 aliphatic carbocycles. The fraction of sp³-hybridized carbons (Fsp3) is 0.727. The lowest BCUT2D eigenvalue weighted by Gasteiger charge is -2.24. The number of aromatic nitrogens is 2. The summed E-state index contributed by atoms with van der Waals surface area (Å²) >= 11 is 6.36. The van der Waals surface area contributed by atoms with E-state index in [0.29, 0.717) is 18.5 Å². The molecule has 1 aliphatic rings. The number of hydrogen-bond donors (Lipinski definition) is 1. The van der Waals surface area contributed by atoms with Gasteiger partial charge in [-0.05, 0) is 18.8 Å². The molecule has 84 valence electrons. The van der Waals surface area contributed by atoms with Crippen molar-refractivity contribution < 1.29 is 0 Å². The fourth-order valence-electron chi connectivity index (χ4n) is 2.24. The molecule has 1 aromatic rings. The summed E-state index contributed by atoms with van der Waals surface area (Å²) in [5.74, 6) is 1.50. The Morgan fingerprint density at radius 2 is 2.33 bits per heavy atom. The van der Waals surface area contributed by atoms with E-state index in [0.717, 1.165) is 29.5 Å². The molecule has 2 N–H and O–H groups in total. The number of hydrogen-bond acceptors (Lipinski definition) is 2. The Labute approximate surface area is 95.6 Å². The second-order valence-corrected chi connectivity index (χ2v) is 4.87. The van der Waals surface area contributed by atoms with E-state index in [1.165, 1.54) is 6.42 Å². The quantitative estimate of drug-likeness (QED) is 0.844. The highest BCUT2D eigenvalue weighted by Crippen LogP contribution is 2.33. The molecule has 2 heterocycles. The Kier molecular flexibility index (Phi) is 3.03. The first-order chi connectivity index (χ1) is 7.15. The first kappa shape index (κ1) is 11.0. The molecule has 1 unspecified atom stereocenters. The van der Waals surface area contributed by atoms with Crippen LogP contribution in [0.3, 0.4) is 0 Å². The maximum atomic E-state index is 6.36. The molecule has 0 fully saturated rings. The largest absolute Gasteiger partial charge is 0.328 e. The van der Waals surface area contributed by atoms with Gasteiger partial charge in [0.15, 0.2) is 0 Å². The lowest BCUT2D eigenvalue weighted by molar-refractivity contribution is 0.405. The van der Waals surface area contributed by atoms with Crippen molar-refractivity contribution in [3.63, 3.8) is 0 Å². The molecule has 1 aromatic heterocycles. The summed E-state index contributed by atoms with van der Waals surface area (Å²) in [6, 6.07) is 0.348. The molecule has 0 bridgehead atoms. The van der Waals surface area contributed by atoms with Gasteiger partial charge in [0.1, 0.15) is 11.0 Å². The average molecular weight is 228 g/mol. The van der Waals surface area contributed by atoms with Crippen LogP contribution in [0.5, 0.6) is 0 Å². The third kappa shape index (κ3) is 1.79. The summed E-state index contributed by atoms with van der Waals surface area (Å²) in [5, 5.41) is 0.801. The van der Waals surface area contributed by atoms with Gasteiger partial charge in [-0.2, -0.15) is 0 Å². The maximum Gasteiger partial charge on any atom is 0.132 e. The van der Waals surface area contributed by atoms with Gasteiger partial charge in [-0.3, -0.25) is 0 Å². The third-order valence-corrected chi connectivity index (χ3v) is 3.45. The van der Waals surface area contributed by atoms with Crippen LogP contribution in [0.1, 0.15) is 50.2 Å². The highest BCUT2D eigenvalue weighted by molar-refractivity contribution is 6.30. The van der Waals surface area contributed by atoms with Crippen molar-refractivity contribution in [2.75, 3.05) is 6.54 Å². The van der Waals surface area contributed by atoms with Gasteiger partial charge in [0.25, 0.3) is 0 Å². The van der Waals surface area contributed by atoms with Crippen LogP contribution in [-0.2, 0) is 6.42 Å². The molecule has 0 saturated carbocycles. The minimum absolute atomic E-state index is 0.348. The minimum Gasteiger partial charge on any atom is -0.328 e. The number of imidazole rings is 1. The third-order valence-electron chi connectivity index (χ3n) is 3.07. The summed E-state index contributed by atoms with van der Waals surface area (Å²) < 4.78 is 2.14. The van der Waals surface area contributed by atoms with E-state index < -0.39 is 0 Å². The normalized spacial score (nSPS) is 20.7. The smallest absolute Gasteiger partial charge is 0.132 e. The van der Waals surface area contributed by atoms with E-state index in [1.807, 2.05) is 0 Å². The minimum atomic E-state index is 0.348. The van der Waals surface area contributed by atoms with Crippen LogP contribution in [0.2, 0.25) is 5.15 Å². The fourth-order valence-corrected chi connectivity index (χ4v) is 2.73. The van der Waals surface area contributed by atoms with Crippen LogP contribution in [0.25, 0.3) is 0 Å². The summed E-state index contributed by atoms with van der Waals surface area (Å²) in [6.07, 6.45) is 3.33. The zero-order valence-corrected chi connectivity index (χ0v) is 10.1. The number of halogens is 1. The molecule has 0 aromatic carbocycles. The zero-order valence-electron chi connectivity index (χ0n) is 9.33. The van der Waals surface area contributed by atoms with Gasteiger partial charge in [-0.1, -0.05) is 25.4 Å². The van der Waals surface area contributed by atoms with E-state index in [1.54, 1.807) is 0 Å². The summed E-state index contributed by atoms with van der Waals surface area (Å²) in [6.45, 7) is 4.90. The molecule has 1 atom stereocenters. The van der Waals surface area contributed by atoms with Crippen molar-refractivity contribution in [2.24, 2.45) is 5.73 Å². The molecule has 0 saturated heterocycles. The predicted molar refractivity (Wildman–Crippen MR) is 62.4 cm³/mol. The van der Waals surface area contributed by atoms with Crippen LogP contribution in [0.4, 0.5) is 0 Å². The number of nitrogens with zero attached hydrogens (tertiary/aromatic N) is 2. The van der Waals surface area contributed by atoms with Crippen molar-refractivity contribution in [1.82, 2.24) is 9.55 Å². The molecular formula is C11H18ClN3. The Bertz CT molecular complexity index is 357. The van der Waals surface area contributed by atoms with Gasteiger partial charge in [0.05, 0.1) is 5.69 Å². The second kappa shape index (κ2) is 4.14. The molecule has 3 nitrogen and oxygen atoms in total. The predicted octanol–water partition coefficient (Wildman–Crippen LogP) is 2.50. The molecule has 0 amide bonds. The SMILES string of the molecule is CC(C)c1nc2n(c1Cl)C(CN)CCC2. The van der Waals surface area contributed by atoms with Gasteiger partial charge in [-0.15, -0.1) is 0 Å². The van der Waals surface area contributed by atoms with Crippen LogP contribution < -0.4 is 5.73 Å². The Morgan fingerprint density at radius 1 is 1.60 bits per heavy atom. The number of rotatable bonds is 2. The van der Waals surface area contributed by atoms with E-state index >= 15 is 0 Å². The van der Waals surface area contributed by atoms with Crippen molar-refractivity contribution >= 4 is 11.6 Å². The van der Waals surface area contributed by atoms with Gasteiger partial charge >= 0.3 is 0 Å². The van der Waals surface area contributed by atoms with Crippen molar-refractivity contribution in [2.45, 2.75) is 45.1 Å². The van der Waals surface area contributed by atoms with Gasteiger partial charge in [0, 0.05) is 19.0 Å². The standard InChI is InChI=1S/C11H18ClN3/c1-7(2)10-11(12)15-8(6-13)4-3-5-9(15)14-10/h7-8H,3-6,13H2,1-2H3. The van der Waals surface area contributed by atoms with E-state index in [-0.39, 0.29) is 0 Å². The van der Waals surface area contributed by atoms with Crippen LogP contribution in [0, 0.1) is 0 Å². The molecule has 4 heteroatoms. The second-order valence-electron chi connectivity index (χ2n) is 4.51. The molecular weight excluding hydrogens is 210 g/mol. The Hall–Kier alpha value is -0.540. The molecule has 15 heavy (non-hydrogen) atoms. The first-order valence-electron chi connectivity index (χ1n) is 5.61. The van der Waals surface area contributed by atoms with Gasteiger partial charge in [0.2, 0.25) is 0 Å². The summed E-state index contributed by atoms with van der Waals surface area (Å²) in [5.41, 5.74) is 6.79. The molecule has 0 radical (unpaired) electrons. The number of nitrogens with two attached hydrogens (primary N) is 1. The van der Waals surface area contributed by atoms with Crippen LogP contribution >= 0.6 is 11.6 Å². The van der Waals surface area contributed by atoms with Crippen molar-refractivity contribution in [3.05, 3.63) is 16.7 Å². The zero-order chi connectivity index (χ0) is 11.0. The van der Waals surface area contributed by atoms with Crippen LogP contribution in [0.15, 0.2) is 0 Å². The maximum absolute atomic E-state index is 6.36. The average Bonchev–Trinajstić information content (AvgIpc) is 2.56. The summed E-state index contributed by atoms with van der Waals surface area (Å²) in [4.78, 5) is 4.62. The van der Waals surface area contributed by atoms with E-state index in [2.05, 4.69) is 23.4 Å². The lowest BCUT2D eigenvalue weighted by Crippen LogP contribution is -2.24. The molecule has 2 rings (SSSR count). The Morgan fingerprint density at radius 3 is 2.93 bits per heavy atom. The van der Waals surface area contributed by atoms with Crippen LogP contribution in [-0.4, -0.2) is 16.1 Å². The molecule has 0 spiro atoms. The van der Waals surface area contributed by atoms with Gasteiger partial charge in [-0.25, -0.2) is 4.98 Å². The lowest BCUT2D eigenvalue weighted by atomic mass is 10.1. The molecule has 1 aliphatic heterocycles. The number of aryl methyl sites for hydroxylation is 1. The van der Waals surface area contributed by atoms with Crippen molar-refractivity contribution in [1.29, 1.82) is 0 Å². The topological polar surface area (TPSA) is 43.8 Å². The van der Waals surface area contributed by atoms with Gasteiger partial charge < -0.3 is 10.3 Å². The van der Waals surface area contributed by atoms with E-state index in [4.69, 9.17) is 17.3 Å². The van der Waals surface area contributed by atoms with E-state index in [9.17, 15) is 0 Å². The Balaban J connectivity index is 2.46.